The van der Waals surface area contributed by atoms with Crippen LogP contribution in [0.2, 0.25) is 0 Å². The first kappa shape index (κ1) is 17.2. The fourth-order valence-corrected chi connectivity index (χ4v) is 3.95. The van der Waals surface area contributed by atoms with E-state index in [9.17, 15) is 25.0 Å². The van der Waals surface area contributed by atoms with Crippen LogP contribution in [0.3, 0.4) is 0 Å². The zero-order valence-corrected chi connectivity index (χ0v) is 14.8. The van der Waals surface area contributed by atoms with E-state index < -0.39 is 27.7 Å². The lowest BCUT2D eigenvalue weighted by atomic mass is 9.89. The van der Waals surface area contributed by atoms with Gasteiger partial charge in [-0.25, -0.2) is 4.99 Å². The summed E-state index contributed by atoms with van der Waals surface area (Å²) in [5, 5.41) is 24.9. The van der Waals surface area contributed by atoms with E-state index >= 15 is 0 Å². The molecule has 3 heterocycles. The average molecular weight is 404 g/mol. The Balaban J connectivity index is 1.75. The number of nitro groups is 2. The molecule has 0 bridgehead atoms. The van der Waals surface area contributed by atoms with Gasteiger partial charge in [0.2, 0.25) is 0 Å². The number of rotatable bonds is 3. The van der Waals surface area contributed by atoms with E-state index in [0.717, 1.165) is 11.8 Å². The van der Waals surface area contributed by atoms with Gasteiger partial charge in [-0.05, 0) is 17.8 Å². The highest BCUT2D eigenvalue weighted by Gasteiger charge is 2.47. The lowest BCUT2D eigenvalue weighted by molar-refractivity contribution is -0.410. The van der Waals surface area contributed by atoms with Crippen molar-refractivity contribution in [2.24, 2.45) is 15.9 Å². The molecule has 27 heavy (non-hydrogen) atoms. The number of fused-ring (bicyclic) bond motifs is 3. The van der Waals surface area contributed by atoms with Crippen molar-refractivity contribution in [1.29, 1.82) is 0 Å². The van der Waals surface area contributed by atoms with Gasteiger partial charge in [0.1, 0.15) is 11.8 Å². The maximum atomic E-state index is 12.6. The number of thiocarbonyl (C=S) groups is 1. The monoisotopic (exact) mass is 404 g/mol. The molecule has 0 radical (unpaired) electrons. The highest BCUT2D eigenvalue weighted by atomic mass is 32.2. The van der Waals surface area contributed by atoms with Crippen LogP contribution in [-0.2, 0) is 4.79 Å². The van der Waals surface area contributed by atoms with Crippen molar-refractivity contribution < 1.29 is 14.6 Å². The van der Waals surface area contributed by atoms with E-state index in [1.165, 1.54) is 35.4 Å². The first-order valence-corrected chi connectivity index (χ1v) is 8.67. The van der Waals surface area contributed by atoms with Gasteiger partial charge < -0.3 is 5.32 Å². The molecule has 136 valence electrons. The van der Waals surface area contributed by atoms with Gasteiger partial charge in [0.05, 0.1) is 22.1 Å². The molecular formula is C14H8N6O5S2. The summed E-state index contributed by atoms with van der Waals surface area (Å²) < 4.78 is 0. The fraction of sp³-hybridized carbons (Fsp3) is 0.143. The van der Waals surface area contributed by atoms with Crippen molar-refractivity contribution in [3.8, 4) is 0 Å². The molecule has 3 aliphatic rings. The zero-order valence-electron chi connectivity index (χ0n) is 13.1. The molecule has 0 fully saturated rings. The highest BCUT2D eigenvalue weighted by molar-refractivity contribution is 8.17. The number of nitrogens with one attached hydrogen (secondary N) is 1. The Labute approximate surface area is 160 Å². The number of nitro benzene ring substituents is 1. The molecule has 0 spiro atoms. The van der Waals surface area contributed by atoms with Crippen LogP contribution < -0.4 is 5.32 Å². The van der Waals surface area contributed by atoms with Gasteiger partial charge in [0.25, 0.3) is 11.6 Å². The second-order valence-electron chi connectivity index (χ2n) is 5.65. The van der Waals surface area contributed by atoms with E-state index in [1.54, 1.807) is 0 Å². The Morgan fingerprint density at radius 3 is 2.48 bits per heavy atom. The molecule has 11 nitrogen and oxygen atoms in total. The summed E-state index contributed by atoms with van der Waals surface area (Å²) in [6.07, 6.45) is 1.25. The number of thioether (sulfide) groups is 1. The van der Waals surface area contributed by atoms with Crippen LogP contribution in [0, 0.1) is 26.1 Å². The quantitative estimate of drug-likeness (QED) is 0.451. The minimum Gasteiger partial charge on any atom is -0.353 e. The van der Waals surface area contributed by atoms with E-state index in [2.05, 4.69) is 15.3 Å². The number of benzene rings is 1. The third kappa shape index (κ3) is 2.86. The van der Waals surface area contributed by atoms with Crippen LogP contribution in [0.25, 0.3) is 0 Å². The second kappa shape index (κ2) is 6.21. The third-order valence-corrected chi connectivity index (χ3v) is 5.25. The summed E-state index contributed by atoms with van der Waals surface area (Å²) in [5.41, 5.74) is 0.494. The van der Waals surface area contributed by atoms with Crippen LogP contribution in [0.15, 0.2) is 45.5 Å². The summed E-state index contributed by atoms with van der Waals surface area (Å²) in [5.74, 6) is -1.16. The summed E-state index contributed by atoms with van der Waals surface area (Å²) in [6.45, 7) is 0. The summed E-state index contributed by atoms with van der Waals surface area (Å²) >= 11 is 5.92. The largest absolute Gasteiger partial charge is 0.353 e. The lowest BCUT2D eigenvalue weighted by Gasteiger charge is -2.36. The Hall–Kier alpha value is -3.19. The minimum atomic E-state index is -0.870. The number of hydrogen-bond acceptors (Lipinski definition) is 8. The van der Waals surface area contributed by atoms with Gasteiger partial charge in [-0.1, -0.05) is 12.1 Å². The number of nitrogens with zero attached hydrogens (tertiary/aromatic N) is 5. The number of amides is 1. The predicted molar refractivity (Wildman–Crippen MR) is 99.4 cm³/mol. The van der Waals surface area contributed by atoms with Gasteiger partial charge in [-0.15, -0.1) is 0 Å². The van der Waals surface area contributed by atoms with Crippen molar-refractivity contribution in [2.75, 3.05) is 0 Å². The summed E-state index contributed by atoms with van der Waals surface area (Å²) in [6, 6.07) is 5.03. The van der Waals surface area contributed by atoms with Crippen LogP contribution in [-0.4, -0.2) is 36.8 Å². The molecule has 2 atom stereocenters. The van der Waals surface area contributed by atoms with Crippen molar-refractivity contribution >= 4 is 51.7 Å². The molecule has 0 aliphatic carbocycles. The van der Waals surface area contributed by atoms with Crippen molar-refractivity contribution in [2.45, 2.75) is 6.04 Å². The molecule has 4 rings (SSSR count). The maximum Gasteiger partial charge on any atom is 0.327 e. The summed E-state index contributed by atoms with van der Waals surface area (Å²) in [7, 11) is 0. The Kier molecular flexibility index (Phi) is 3.96. The molecule has 0 saturated heterocycles. The van der Waals surface area contributed by atoms with Crippen molar-refractivity contribution in [3.05, 3.63) is 61.3 Å². The maximum absolute atomic E-state index is 12.6. The van der Waals surface area contributed by atoms with E-state index in [4.69, 9.17) is 12.2 Å². The van der Waals surface area contributed by atoms with Gasteiger partial charge in [-0.2, -0.15) is 4.99 Å². The Bertz CT molecular complexity index is 1000. The molecule has 1 aromatic carbocycles. The molecule has 2 unspecified atom stereocenters. The standard InChI is InChI=1S/C14H8N6O5S2/c21-12-9-10(6-1-3-7(4-2-6)19(22)23)15-13(26)16-11(9)18-5-8(20(24)25)27-14(18)17-12/h1-5,9-10H,(H,15,26). The van der Waals surface area contributed by atoms with Crippen LogP contribution >= 0.6 is 24.0 Å². The van der Waals surface area contributed by atoms with Gasteiger partial charge in [-0.3, -0.25) is 29.9 Å². The molecule has 1 aromatic rings. The van der Waals surface area contributed by atoms with E-state index in [-0.39, 0.29) is 26.8 Å². The summed E-state index contributed by atoms with van der Waals surface area (Å²) in [4.78, 5) is 42.9. The van der Waals surface area contributed by atoms with E-state index in [0.29, 0.717) is 5.56 Å². The normalized spacial score (nSPS) is 23.6. The van der Waals surface area contributed by atoms with Crippen molar-refractivity contribution in [3.63, 3.8) is 0 Å². The minimum absolute atomic E-state index is 0.0872. The van der Waals surface area contributed by atoms with E-state index in [1.807, 2.05) is 0 Å². The topological polar surface area (TPSA) is 143 Å². The fourth-order valence-electron chi connectivity index (χ4n) is 2.93. The second-order valence-corrected chi connectivity index (χ2v) is 7.03. The first-order chi connectivity index (χ1) is 12.8. The SMILES string of the molecule is O=C1N=C2SC([N+](=O)[O-])=CN2C2=NC(=S)NC(c3ccc([N+](=O)[O-])cc3)C12. The number of carbonyl (C=O) groups excluding carboxylic acids is 1. The average Bonchev–Trinajstić information content (AvgIpc) is 3.05. The molecule has 1 N–H and O–H groups in total. The van der Waals surface area contributed by atoms with Crippen LogP contribution in [0.1, 0.15) is 11.6 Å². The number of non-ortho nitro benzene ring substituents is 1. The Morgan fingerprint density at radius 1 is 1.15 bits per heavy atom. The van der Waals surface area contributed by atoms with Crippen LogP contribution in [0.4, 0.5) is 5.69 Å². The van der Waals surface area contributed by atoms with Gasteiger partial charge in [0.15, 0.2) is 10.3 Å². The molecular weight excluding hydrogens is 396 g/mol. The highest BCUT2D eigenvalue weighted by Crippen LogP contribution is 2.38. The van der Waals surface area contributed by atoms with Gasteiger partial charge >= 0.3 is 5.03 Å². The third-order valence-electron chi connectivity index (χ3n) is 4.11. The van der Waals surface area contributed by atoms with Crippen molar-refractivity contribution in [1.82, 2.24) is 10.2 Å². The zero-order chi connectivity index (χ0) is 19.3. The lowest BCUT2D eigenvalue weighted by Crippen LogP contribution is -2.52. The molecule has 3 aliphatic heterocycles. The molecule has 13 heteroatoms. The van der Waals surface area contributed by atoms with Crippen LogP contribution in [0.5, 0.6) is 0 Å². The molecule has 1 amide bonds. The number of amidine groups is 2. The number of aliphatic imine (C=N–C) groups is 2. The Morgan fingerprint density at radius 2 is 1.85 bits per heavy atom. The molecule has 0 aromatic heterocycles. The number of hydrogen-bond donors (Lipinski definition) is 1. The first-order valence-electron chi connectivity index (χ1n) is 7.44. The molecule has 0 saturated carbocycles. The van der Waals surface area contributed by atoms with Gasteiger partial charge in [0, 0.05) is 23.9 Å². The predicted octanol–water partition coefficient (Wildman–Crippen LogP) is 1.56. The smallest absolute Gasteiger partial charge is 0.327 e. The number of carbonyl (C=O) groups is 1.